The van der Waals surface area contributed by atoms with Crippen molar-refractivity contribution in [1.29, 1.82) is 0 Å². The van der Waals surface area contributed by atoms with Crippen molar-refractivity contribution in [2.75, 3.05) is 0 Å². The zero-order chi connectivity index (χ0) is 15.9. The molecule has 1 aromatic heterocycles. The van der Waals surface area contributed by atoms with Crippen molar-refractivity contribution in [2.45, 2.75) is 38.7 Å². The Labute approximate surface area is 127 Å². The van der Waals surface area contributed by atoms with Crippen molar-refractivity contribution in [1.82, 2.24) is 4.98 Å². The van der Waals surface area contributed by atoms with E-state index in [0.29, 0.717) is 0 Å². The average Bonchev–Trinajstić information content (AvgIpc) is 2.50. The molecule has 7 nitrogen and oxygen atoms in total. The lowest BCUT2D eigenvalue weighted by Crippen LogP contribution is -2.28. The van der Waals surface area contributed by atoms with Crippen LogP contribution in [-0.2, 0) is 14.4 Å². The van der Waals surface area contributed by atoms with Gasteiger partial charge in [0.2, 0.25) is 5.71 Å². The van der Waals surface area contributed by atoms with E-state index in [-0.39, 0.29) is 17.7 Å². The predicted octanol–water partition coefficient (Wildman–Crippen LogP) is 2.60. The standard InChI is InChI=1S/C15H18N2O5/c1-10-6-2-3-8-12(10)21-15(20)22-17-13(14(18)19)11-7-4-5-9-16-11/h4-5,7,9-10,12H,2-3,6,8H2,1H3,(H,18,19)/b17-13+/t10-,12-/m1/s1. The quantitative estimate of drug-likeness (QED) is 0.397. The maximum absolute atomic E-state index is 11.7. The van der Waals surface area contributed by atoms with Crippen molar-refractivity contribution >= 4 is 17.8 Å². The van der Waals surface area contributed by atoms with Crippen LogP contribution in [0.3, 0.4) is 0 Å². The first-order chi connectivity index (χ1) is 10.6. The van der Waals surface area contributed by atoms with Crippen LogP contribution in [0.25, 0.3) is 0 Å². The summed E-state index contributed by atoms with van der Waals surface area (Å²) in [5.41, 5.74) is -0.344. The number of hydrogen-bond donors (Lipinski definition) is 1. The molecule has 1 heterocycles. The molecule has 1 saturated carbocycles. The van der Waals surface area contributed by atoms with Gasteiger partial charge in [-0.15, -0.1) is 0 Å². The van der Waals surface area contributed by atoms with Gasteiger partial charge in [-0.25, -0.2) is 9.59 Å². The number of oxime groups is 1. The van der Waals surface area contributed by atoms with Gasteiger partial charge >= 0.3 is 12.1 Å². The minimum atomic E-state index is -1.34. The molecule has 0 aromatic carbocycles. The maximum atomic E-state index is 11.7. The molecule has 7 heteroatoms. The molecule has 1 aliphatic carbocycles. The number of ether oxygens (including phenoxy) is 1. The fraction of sp³-hybridized carbons (Fsp3) is 0.467. The summed E-state index contributed by atoms with van der Waals surface area (Å²) in [6.45, 7) is 2.01. The number of aliphatic carboxylic acids is 1. The van der Waals surface area contributed by atoms with Crippen LogP contribution in [-0.4, -0.2) is 34.0 Å². The van der Waals surface area contributed by atoms with Crippen molar-refractivity contribution in [2.24, 2.45) is 11.1 Å². The monoisotopic (exact) mass is 306 g/mol. The van der Waals surface area contributed by atoms with Gasteiger partial charge in [-0.1, -0.05) is 24.6 Å². The van der Waals surface area contributed by atoms with Crippen LogP contribution in [0.5, 0.6) is 0 Å². The summed E-state index contributed by atoms with van der Waals surface area (Å²) in [5.74, 6) is -1.07. The minimum absolute atomic E-state index is 0.105. The number of rotatable bonds is 4. The van der Waals surface area contributed by atoms with Gasteiger partial charge in [-0.3, -0.25) is 9.82 Å². The first-order valence-electron chi connectivity index (χ1n) is 7.18. The Morgan fingerprint density at radius 2 is 2.09 bits per heavy atom. The Hall–Kier alpha value is -2.44. The normalized spacial score (nSPS) is 22.0. The Morgan fingerprint density at radius 3 is 2.73 bits per heavy atom. The highest BCUT2D eigenvalue weighted by Gasteiger charge is 2.26. The smallest absolute Gasteiger partial charge is 0.476 e. The van der Waals surface area contributed by atoms with Crippen molar-refractivity contribution in [3.63, 3.8) is 0 Å². The van der Waals surface area contributed by atoms with Gasteiger partial charge in [0, 0.05) is 6.20 Å². The first-order valence-corrected chi connectivity index (χ1v) is 7.18. The van der Waals surface area contributed by atoms with Gasteiger partial charge < -0.3 is 9.84 Å². The van der Waals surface area contributed by atoms with Crippen LogP contribution >= 0.6 is 0 Å². The number of carboxylic acids is 1. The molecule has 118 valence electrons. The van der Waals surface area contributed by atoms with Gasteiger partial charge in [0.1, 0.15) is 6.10 Å². The lowest BCUT2D eigenvalue weighted by atomic mass is 9.88. The van der Waals surface area contributed by atoms with Gasteiger partial charge in [-0.05, 0) is 37.3 Å². The van der Waals surface area contributed by atoms with E-state index in [9.17, 15) is 9.59 Å². The lowest BCUT2D eigenvalue weighted by molar-refractivity contribution is -0.129. The van der Waals surface area contributed by atoms with E-state index in [2.05, 4.69) is 15.0 Å². The fourth-order valence-corrected chi connectivity index (χ4v) is 2.38. The molecule has 2 atom stereocenters. The zero-order valence-electron chi connectivity index (χ0n) is 12.3. The van der Waals surface area contributed by atoms with Crippen LogP contribution < -0.4 is 0 Å². The molecule has 0 saturated heterocycles. The fourth-order valence-electron chi connectivity index (χ4n) is 2.38. The predicted molar refractivity (Wildman–Crippen MR) is 77.4 cm³/mol. The largest absolute Gasteiger partial charge is 0.535 e. The topological polar surface area (TPSA) is 98.1 Å². The highest BCUT2D eigenvalue weighted by Crippen LogP contribution is 2.26. The summed E-state index contributed by atoms with van der Waals surface area (Å²) < 4.78 is 5.19. The van der Waals surface area contributed by atoms with Crippen LogP contribution in [0, 0.1) is 5.92 Å². The Bertz CT molecular complexity index is 558. The van der Waals surface area contributed by atoms with Crippen molar-refractivity contribution in [3.8, 4) is 0 Å². The molecule has 22 heavy (non-hydrogen) atoms. The van der Waals surface area contributed by atoms with E-state index < -0.39 is 17.8 Å². The lowest BCUT2D eigenvalue weighted by Gasteiger charge is -2.27. The molecule has 0 spiro atoms. The first kappa shape index (κ1) is 15.9. The Balaban J connectivity index is 1.98. The molecule has 1 fully saturated rings. The van der Waals surface area contributed by atoms with Crippen molar-refractivity contribution < 1.29 is 24.3 Å². The van der Waals surface area contributed by atoms with E-state index in [4.69, 9.17) is 9.84 Å². The molecule has 1 N–H and O–H groups in total. The molecule has 0 bridgehead atoms. The summed E-state index contributed by atoms with van der Waals surface area (Å²) in [6, 6.07) is 4.72. The van der Waals surface area contributed by atoms with E-state index in [1.54, 1.807) is 12.1 Å². The number of carbonyl (C=O) groups excluding carboxylic acids is 1. The second-order valence-electron chi connectivity index (χ2n) is 5.22. The summed E-state index contributed by atoms with van der Waals surface area (Å²) in [4.78, 5) is 31.2. The van der Waals surface area contributed by atoms with E-state index in [0.717, 1.165) is 25.7 Å². The summed E-state index contributed by atoms with van der Waals surface area (Å²) in [6.07, 6.45) is 4.13. The summed E-state index contributed by atoms with van der Waals surface area (Å²) in [7, 11) is 0. The van der Waals surface area contributed by atoms with Crippen LogP contribution in [0.2, 0.25) is 0 Å². The number of hydrogen-bond acceptors (Lipinski definition) is 6. The SMILES string of the molecule is C[C@@H]1CCCC[C@H]1OC(=O)O/N=C(/C(=O)O)c1ccccn1. The van der Waals surface area contributed by atoms with Gasteiger partial charge in [0.25, 0.3) is 0 Å². The molecule has 0 radical (unpaired) electrons. The number of carbonyl (C=O) groups is 2. The highest BCUT2D eigenvalue weighted by molar-refractivity contribution is 6.41. The van der Waals surface area contributed by atoms with Gasteiger partial charge in [0.05, 0.1) is 5.69 Å². The molecule has 0 aliphatic heterocycles. The second-order valence-corrected chi connectivity index (χ2v) is 5.22. The van der Waals surface area contributed by atoms with Gasteiger partial charge in [-0.2, -0.15) is 0 Å². The Morgan fingerprint density at radius 1 is 1.32 bits per heavy atom. The molecule has 2 rings (SSSR count). The molecule has 0 amide bonds. The number of aromatic nitrogens is 1. The summed E-state index contributed by atoms with van der Waals surface area (Å²) in [5, 5.41) is 12.5. The average molecular weight is 306 g/mol. The van der Waals surface area contributed by atoms with E-state index in [1.807, 2.05) is 6.92 Å². The Kier molecular flexibility index (Phi) is 5.46. The third-order valence-corrected chi connectivity index (χ3v) is 3.60. The van der Waals surface area contributed by atoms with Crippen LogP contribution in [0.15, 0.2) is 29.6 Å². The third kappa shape index (κ3) is 4.28. The molecular formula is C15H18N2O5. The van der Waals surface area contributed by atoms with Crippen LogP contribution in [0.1, 0.15) is 38.3 Å². The summed E-state index contributed by atoms with van der Waals surface area (Å²) >= 11 is 0. The molecule has 0 unspecified atom stereocenters. The second kappa shape index (κ2) is 7.53. The molecule has 1 aromatic rings. The van der Waals surface area contributed by atoms with E-state index in [1.165, 1.54) is 12.3 Å². The maximum Gasteiger partial charge on any atom is 0.535 e. The highest BCUT2D eigenvalue weighted by atomic mass is 16.8. The minimum Gasteiger partial charge on any atom is -0.476 e. The number of carboxylic acid groups (broad SMARTS) is 1. The van der Waals surface area contributed by atoms with Crippen LogP contribution in [0.4, 0.5) is 4.79 Å². The van der Waals surface area contributed by atoms with Crippen molar-refractivity contribution in [3.05, 3.63) is 30.1 Å². The molecular weight excluding hydrogens is 288 g/mol. The third-order valence-electron chi connectivity index (χ3n) is 3.60. The zero-order valence-corrected chi connectivity index (χ0v) is 12.3. The van der Waals surface area contributed by atoms with E-state index >= 15 is 0 Å². The van der Waals surface area contributed by atoms with Gasteiger partial charge in [0.15, 0.2) is 0 Å². The molecule has 1 aliphatic rings. The number of nitrogens with zero attached hydrogens (tertiary/aromatic N) is 2. The number of pyridine rings is 1.